The van der Waals surface area contributed by atoms with E-state index in [4.69, 9.17) is 9.72 Å². The van der Waals surface area contributed by atoms with Gasteiger partial charge in [0.1, 0.15) is 0 Å². The van der Waals surface area contributed by atoms with Gasteiger partial charge in [0, 0.05) is 42.3 Å². The predicted molar refractivity (Wildman–Crippen MR) is 122 cm³/mol. The molecule has 0 saturated carbocycles. The van der Waals surface area contributed by atoms with Gasteiger partial charge >= 0.3 is 0 Å². The van der Waals surface area contributed by atoms with E-state index in [1.54, 1.807) is 25.3 Å². The lowest BCUT2D eigenvalue weighted by atomic mass is 9.94. The van der Waals surface area contributed by atoms with Crippen LogP contribution < -0.4 is 5.32 Å². The minimum atomic E-state index is -3.40. The number of sulfone groups is 1. The van der Waals surface area contributed by atoms with Crippen LogP contribution in [0.2, 0.25) is 0 Å². The maximum absolute atomic E-state index is 12.6. The van der Waals surface area contributed by atoms with E-state index in [1.165, 1.54) is 6.07 Å². The van der Waals surface area contributed by atoms with Gasteiger partial charge in [-0.3, -0.25) is 14.8 Å². The first kappa shape index (κ1) is 22.4. The van der Waals surface area contributed by atoms with Gasteiger partial charge in [-0.2, -0.15) is 0 Å². The van der Waals surface area contributed by atoms with Gasteiger partial charge in [0.05, 0.1) is 22.7 Å². The van der Waals surface area contributed by atoms with E-state index >= 15 is 0 Å². The Balaban J connectivity index is 1.46. The second kappa shape index (κ2) is 9.34. The van der Waals surface area contributed by atoms with Crippen LogP contribution in [0, 0.1) is 12.8 Å². The maximum atomic E-state index is 12.6. The molecule has 0 bridgehead atoms. The van der Waals surface area contributed by atoms with Crippen LogP contribution in [-0.4, -0.2) is 43.8 Å². The lowest BCUT2D eigenvalue weighted by Crippen LogP contribution is -2.23. The number of ether oxygens (including phenoxy) is 1. The highest BCUT2D eigenvalue weighted by molar-refractivity contribution is 7.90. The van der Waals surface area contributed by atoms with Crippen LogP contribution in [-0.2, 0) is 27.5 Å². The zero-order valence-corrected chi connectivity index (χ0v) is 19.1. The summed E-state index contributed by atoms with van der Waals surface area (Å²) in [7, 11) is -3.40. The highest BCUT2D eigenvalue weighted by Gasteiger charge is 2.16. The molecule has 1 N–H and O–H groups in total. The molecule has 1 amide bonds. The monoisotopic (exact) mass is 453 g/mol. The molecule has 4 rings (SSSR count). The number of fused-ring (bicyclic) bond motifs is 1. The first-order valence-corrected chi connectivity index (χ1v) is 12.6. The molecule has 1 aliphatic heterocycles. The number of nitrogens with one attached hydrogen (secondary N) is 1. The van der Waals surface area contributed by atoms with Crippen molar-refractivity contribution in [3.8, 4) is 0 Å². The number of hydrogen-bond acceptors (Lipinski definition) is 6. The van der Waals surface area contributed by atoms with Crippen molar-refractivity contribution in [2.24, 2.45) is 5.92 Å². The average molecular weight is 454 g/mol. The van der Waals surface area contributed by atoms with Crippen molar-refractivity contribution in [1.29, 1.82) is 0 Å². The van der Waals surface area contributed by atoms with Gasteiger partial charge in [-0.15, -0.1) is 0 Å². The Morgan fingerprint density at radius 2 is 1.91 bits per heavy atom. The maximum Gasteiger partial charge on any atom is 0.251 e. The minimum absolute atomic E-state index is 0.162. The molecule has 8 heteroatoms. The molecule has 168 valence electrons. The number of benzene rings is 1. The molecule has 1 fully saturated rings. The van der Waals surface area contributed by atoms with Crippen molar-refractivity contribution in [1.82, 2.24) is 15.3 Å². The van der Waals surface area contributed by atoms with Crippen molar-refractivity contribution < 1.29 is 17.9 Å². The van der Waals surface area contributed by atoms with Crippen LogP contribution >= 0.6 is 0 Å². The van der Waals surface area contributed by atoms with Crippen LogP contribution in [0.5, 0.6) is 0 Å². The van der Waals surface area contributed by atoms with Gasteiger partial charge in [0.2, 0.25) is 0 Å². The van der Waals surface area contributed by atoms with Crippen molar-refractivity contribution >= 4 is 26.6 Å². The van der Waals surface area contributed by atoms with Crippen molar-refractivity contribution in [3.63, 3.8) is 0 Å². The number of aryl methyl sites for hydroxylation is 1. The van der Waals surface area contributed by atoms with Crippen LogP contribution in [0.4, 0.5) is 0 Å². The Labute approximate surface area is 188 Å². The summed E-state index contributed by atoms with van der Waals surface area (Å²) in [4.78, 5) is 22.0. The van der Waals surface area contributed by atoms with Crippen molar-refractivity contribution in [2.75, 3.05) is 19.5 Å². The number of nitrogens with zero attached hydrogens (tertiary/aromatic N) is 2. The molecule has 0 aliphatic carbocycles. The summed E-state index contributed by atoms with van der Waals surface area (Å²) in [5, 5.41) is 3.77. The third-order valence-corrected chi connectivity index (χ3v) is 7.05. The molecule has 0 unspecified atom stereocenters. The minimum Gasteiger partial charge on any atom is -0.381 e. The highest BCUT2D eigenvalue weighted by atomic mass is 32.2. The van der Waals surface area contributed by atoms with E-state index in [1.807, 2.05) is 12.1 Å². The third-order valence-electron chi connectivity index (χ3n) is 5.81. The van der Waals surface area contributed by atoms with Crippen LogP contribution in [0.1, 0.15) is 40.2 Å². The van der Waals surface area contributed by atoms with Gasteiger partial charge in [-0.25, -0.2) is 8.42 Å². The highest BCUT2D eigenvalue weighted by Crippen LogP contribution is 2.21. The smallest absolute Gasteiger partial charge is 0.251 e. The van der Waals surface area contributed by atoms with Crippen LogP contribution in [0.15, 0.2) is 47.5 Å². The van der Waals surface area contributed by atoms with E-state index < -0.39 is 9.84 Å². The second-order valence-corrected chi connectivity index (χ2v) is 10.4. The molecule has 2 aromatic heterocycles. The molecule has 7 nitrogen and oxygen atoms in total. The quantitative estimate of drug-likeness (QED) is 0.615. The van der Waals surface area contributed by atoms with E-state index in [0.717, 1.165) is 55.3 Å². The topological polar surface area (TPSA) is 98.2 Å². The number of carbonyl (C=O) groups excluding carboxylic acids is 1. The van der Waals surface area contributed by atoms with Gasteiger partial charge in [0.25, 0.3) is 5.91 Å². The fourth-order valence-corrected chi connectivity index (χ4v) is 4.96. The zero-order chi connectivity index (χ0) is 22.7. The first-order chi connectivity index (χ1) is 15.3. The normalized spacial score (nSPS) is 15.1. The second-order valence-electron chi connectivity index (χ2n) is 8.37. The number of pyridine rings is 2. The first-order valence-electron chi connectivity index (χ1n) is 10.7. The third kappa shape index (κ3) is 5.31. The molecule has 0 atom stereocenters. The zero-order valence-electron chi connectivity index (χ0n) is 18.3. The molecule has 0 radical (unpaired) electrons. The summed E-state index contributed by atoms with van der Waals surface area (Å²) < 4.78 is 29.3. The Kier molecular flexibility index (Phi) is 6.53. The average Bonchev–Trinajstić information content (AvgIpc) is 2.77. The van der Waals surface area contributed by atoms with Crippen LogP contribution in [0.25, 0.3) is 10.9 Å². The number of carbonyl (C=O) groups is 1. The van der Waals surface area contributed by atoms with Crippen molar-refractivity contribution in [2.45, 2.75) is 37.6 Å². The summed E-state index contributed by atoms with van der Waals surface area (Å²) in [6.45, 7) is 3.57. The molecular formula is C24H27N3O4S. The standard InChI is InChI=1S/C24H27N3O4S/c1-16-3-4-18(12-23(16)32(2,29)30)24(28)26-15-21-13-22-19(14-25-21)5-6-20(27-22)11-17-7-9-31-10-8-17/h3-6,12-14,17H,7-11,15H2,1-2H3,(H,26,28). The molecule has 3 heterocycles. The Hall–Kier alpha value is -2.84. The largest absolute Gasteiger partial charge is 0.381 e. The van der Waals surface area contributed by atoms with E-state index in [-0.39, 0.29) is 17.3 Å². The molecule has 1 aromatic carbocycles. The molecular weight excluding hydrogens is 426 g/mol. The van der Waals surface area contributed by atoms with Gasteiger partial charge in [-0.1, -0.05) is 6.07 Å². The summed E-state index contributed by atoms with van der Waals surface area (Å²) in [6, 6.07) is 10.7. The van der Waals surface area contributed by atoms with Crippen LogP contribution in [0.3, 0.4) is 0 Å². The summed E-state index contributed by atoms with van der Waals surface area (Å²) >= 11 is 0. The molecule has 3 aromatic rings. The number of hydrogen-bond donors (Lipinski definition) is 1. The Morgan fingerprint density at radius 3 is 2.66 bits per heavy atom. The summed E-state index contributed by atoms with van der Waals surface area (Å²) in [6.07, 6.45) is 5.96. The number of aromatic nitrogens is 2. The molecule has 1 aliphatic rings. The molecule has 0 spiro atoms. The van der Waals surface area contributed by atoms with E-state index in [2.05, 4.69) is 16.4 Å². The van der Waals surface area contributed by atoms with E-state index in [0.29, 0.717) is 22.7 Å². The summed E-state index contributed by atoms with van der Waals surface area (Å²) in [5.41, 5.74) is 3.51. The Bertz CT molecular complexity index is 1250. The van der Waals surface area contributed by atoms with Gasteiger partial charge in [-0.05, 0) is 68.0 Å². The van der Waals surface area contributed by atoms with Gasteiger partial charge < -0.3 is 10.1 Å². The summed E-state index contributed by atoms with van der Waals surface area (Å²) in [5.74, 6) is 0.249. The number of amides is 1. The van der Waals surface area contributed by atoms with Crippen molar-refractivity contribution in [3.05, 3.63) is 65.1 Å². The lowest BCUT2D eigenvalue weighted by Gasteiger charge is -2.21. The molecule has 1 saturated heterocycles. The Morgan fingerprint density at radius 1 is 1.12 bits per heavy atom. The molecule has 32 heavy (non-hydrogen) atoms. The predicted octanol–water partition coefficient (Wildman–Crippen LogP) is 3.24. The fourth-order valence-electron chi connectivity index (χ4n) is 3.97. The van der Waals surface area contributed by atoms with Gasteiger partial charge in [0.15, 0.2) is 9.84 Å². The van der Waals surface area contributed by atoms with E-state index in [9.17, 15) is 13.2 Å². The number of rotatable bonds is 6. The fraction of sp³-hybridized carbons (Fsp3) is 0.375. The lowest BCUT2D eigenvalue weighted by molar-refractivity contribution is 0.0663. The SMILES string of the molecule is Cc1ccc(C(=O)NCc2cc3nc(CC4CCOCC4)ccc3cn2)cc1S(C)(=O)=O.